The molecule has 1 aromatic heterocycles. The number of pyridine rings is 1. The van der Waals surface area contributed by atoms with Crippen LogP contribution in [0.15, 0.2) is 24.4 Å². The van der Waals surface area contributed by atoms with E-state index in [0.29, 0.717) is 11.3 Å². The first-order chi connectivity index (χ1) is 9.93. The topological polar surface area (TPSA) is 42.4 Å². The molecule has 112 valence electrons. The fraction of sp³-hybridized carbons (Fsp3) is 0.312. The minimum Gasteiger partial charge on any atom is -0.496 e. The number of rotatable bonds is 4. The first-order valence-electron chi connectivity index (χ1n) is 6.56. The number of aromatic nitrogens is 1. The average Bonchev–Trinajstić information content (AvgIpc) is 2.45. The number of halogens is 2. The lowest BCUT2D eigenvalue weighted by molar-refractivity contribution is 0.176. The first kappa shape index (κ1) is 15.4. The van der Waals surface area contributed by atoms with Crippen LogP contribution in [-0.2, 0) is 6.42 Å². The van der Waals surface area contributed by atoms with Gasteiger partial charge in [0, 0.05) is 29.4 Å². The number of hydrogen-bond donors (Lipinski definition) is 1. The number of methoxy groups -OCH3 is 1. The molecule has 1 N–H and O–H groups in total. The summed E-state index contributed by atoms with van der Waals surface area (Å²) in [6.07, 6.45) is 0.908. The van der Waals surface area contributed by atoms with Crippen molar-refractivity contribution in [2.45, 2.75) is 26.4 Å². The predicted octanol–water partition coefficient (Wildman–Crippen LogP) is 3.26. The molecule has 0 aliphatic rings. The summed E-state index contributed by atoms with van der Waals surface area (Å²) in [5.41, 5.74) is 2.71. The molecule has 1 atom stereocenters. The summed E-state index contributed by atoms with van der Waals surface area (Å²) < 4.78 is 31.4. The lowest BCUT2D eigenvalue weighted by atomic mass is 10.0. The molecular weight excluding hydrogens is 276 g/mol. The quantitative estimate of drug-likeness (QED) is 0.941. The van der Waals surface area contributed by atoms with Crippen molar-refractivity contribution in [3.8, 4) is 5.75 Å². The van der Waals surface area contributed by atoms with Crippen LogP contribution in [0.3, 0.4) is 0 Å². The second-order valence-corrected chi connectivity index (χ2v) is 4.94. The van der Waals surface area contributed by atoms with Gasteiger partial charge in [0.25, 0.3) is 0 Å². The predicted molar refractivity (Wildman–Crippen MR) is 75.3 cm³/mol. The van der Waals surface area contributed by atoms with Crippen LogP contribution in [0.1, 0.15) is 28.5 Å². The fourth-order valence-corrected chi connectivity index (χ4v) is 2.30. The fourth-order valence-electron chi connectivity index (χ4n) is 2.30. The first-order valence-corrected chi connectivity index (χ1v) is 6.56. The molecule has 0 spiro atoms. The van der Waals surface area contributed by atoms with Crippen molar-refractivity contribution >= 4 is 0 Å². The molecule has 21 heavy (non-hydrogen) atoms. The van der Waals surface area contributed by atoms with Crippen molar-refractivity contribution < 1.29 is 18.6 Å². The molecular formula is C16H17F2NO2. The van der Waals surface area contributed by atoms with E-state index in [1.165, 1.54) is 6.07 Å². The molecule has 0 fully saturated rings. The monoisotopic (exact) mass is 293 g/mol. The van der Waals surface area contributed by atoms with Gasteiger partial charge in [0.1, 0.15) is 5.75 Å². The number of aryl methyl sites for hydroxylation is 1. The van der Waals surface area contributed by atoms with E-state index in [0.717, 1.165) is 29.0 Å². The van der Waals surface area contributed by atoms with Crippen LogP contribution in [0.5, 0.6) is 5.75 Å². The molecule has 1 aromatic carbocycles. The van der Waals surface area contributed by atoms with Gasteiger partial charge in [-0.2, -0.15) is 0 Å². The third-order valence-corrected chi connectivity index (χ3v) is 3.46. The maximum absolute atomic E-state index is 13.2. The third-order valence-electron chi connectivity index (χ3n) is 3.46. The van der Waals surface area contributed by atoms with Gasteiger partial charge < -0.3 is 9.84 Å². The van der Waals surface area contributed by atoms with Crippen LogP contribution >= 0.6 is 0 Å². The van der Waals surface area contributed by atoms with Crippen LogP contribution in [0.2, 0.25) is 0 Å². The Morgan fingerprint density at radius 1 is 1.24 bits per heavy atom. The van der Waals surface area contributed by atoms with E-state index < -0.39 is 17.7 Å². The van der Waals surface area contributed by atoms with Gasteiger partial charge in [-0.25, -0.2) is 8.78 Å². The van der Waals surface area contributed by atoms with E-state index in [2.05, 4.69) is 4.98 Å². The number of hydrogen-bond acceptors (Lipinski definition) is 3. The van der Waals surface area contributed by atoms with Crippen molar-refractivity contribution in [1.29, 1.82) is 0 Å². The van der Waals surface area contributed by atoms with Crippen LogP contribution in [0.25, 0.3) is 0 Å². The van der Waals surface area contributed by atoms with E-state index >= 15 is 0 Å². The van der Waals surface area contributed by atoms with Crippen LogP contribution < -0.4 is 4.74 Å². The Kier molecular flexibility index (Phi) is 4.53. The molecule has 2 aromatic rings. The van der Waals surface area contributed by atoms with Gasteiger partial charge in [0.05, 0.1) is 13.2 Å². The maximum Gasteiger partial charge on any atom is 0.159 e. The van der Waals surface area contributed by atoms with Gasteiger partial charge >= 0.3 is 0 Å². The maximum atomic E-state index is 13.2. The third kappa shape index (κ3) is 3.19. The number of aliphatic hydroxyl groups excluding tert-OH is 1. The van der Waals surface area contributed by atoms with Crippen LogP contribution in [0.4, 0.5) is 8.78 Å². The molecule has 5 heteroatoms. The summed E-state index contributed by atoms with van der Waals surface area (Å²) in [7, 11) is 1.57. The summed E-state index contributed by atoms with van der Waals surface area (Å²) in [6.45, 7) is 3.74. The van der Waals surface area contributed by atoms with Gasteiger partial charge in [-0.05, 0) is 31.5 Å². The van der Waals surface area contributed by atoms with E-state index in [-0.39, 0.29) is 6.42 Å². The number of nitrogens with zero attached hydrogens (tertiary/aromatic N) is 1. The zero-order valence-electron chi connectivity index (χ0n) is 12.2. The summed E-state index contributed by atoms with van der Waals surface area (Å²) in [5, 5.41) is 10.2. The molecule has 0 saturated heterocycles. The molecule has 1 unspecified atom stereocenters. The molecule has 2 rings (SSSR count). The number of benzene rings is 1. The van der Waals surface area contributed by atoms with Gasteiger partial charge in [0.2, 0.25) is 0 Å². The van der Waals surface area contributed by atoms with Gasteiger partial charge in [-0.3, -0.25) is 4.98 Å². The van der Waals surface area contributed by atoms with E-state index in [9.17, 15) is 13.9 Å². The Morgan fingerprint density at radius 2 is 1.95 bits per heavy atom. The van der Waals surface area contributed by atoms with Crippen LogP contribution in [-0.4, -0.2) is 17.2 Å². The molecule has 0 aliphatic carbocycles. The van der Waals surface area contributed by atoms with Crippen molar-refractivity contribution in [2.24, 2.45) is 0 Å². The van der Waals surface area contributed by atoms with Crippen LogP contribution in [0, 0.1) is 25.5 Å². The minimum atomic E-state index is -0.974. The smallest absolute Gasteiger partial charge is 0.159 e. The highest BCUT2D eigenvalue weighted by Gasteiger charge is 2.16. The molecule has 0 amide bonds. The normalized spacial score (nSPS) is 12.3. The summed E-state index contributed by atoms with van der Waals surface area (Å²) in [6, 6.07) is 3.37. The van der Waals surface area contributed by atoms with E-state index in [1.54, 1.807) is 13.3 Å². The highest BCUT2D eigenvalue weighted by molar-refractivity contribution is 5.41. The Balaban J connectivity index is 2.27. The highest BCUT2D eigenvalue weighted by atomic mass is 19.2. The van der Waals surface area contributed by atoms with Crippen molar-refractivity contribution in [2.75, 3.05) is 7.11 Å². The average molecular weight is 293 g/mol. The SMILES string of the molecule is COc1c(C)cnc(CC(O)c2ccc(F)c(F)c2)c1C. The lowest BCUT2D eigenvalue weighted by Gasteiger charge is -2.15. The standard InChI is InChI=1S/C16H17F2NO2/c1-9-8-19-14(10(2)16(9)21-3)7-15(20)11-4-5-12(17)13(18)6-11/h4-6,8,15,20H,7H2,1-3H3. The molecule has 0 bridgehead atoms. The van der Waals surface area contributed by atoms with Gasteiger partial charge in [-0.15, -0.1) is 0 Å². The van der Waals surface area contributed by atoms with Crippen molar-refractivity contribution in [1.82, 2.24) is 4.98 Å². The Bertz CT molecular complexity index is 659. The number of ether oxygens (including phenoxy) is 1. The number of aliphatic hydroxyl groups is 1. The Hall–Kier alpha value is -2.01. The molecule has 0 saturated carbocycles. The zero-order valence-corrected chi connectivity index (χ0v) is 12.2. The minimum absolute atomic E-state index is 0.202. The highest BCUT2D eigenvalue weighted by Crippen LogP contribution is 2.27. The summed E-state index contributed by atoms with van der Waals surface area (Å²) in [4.78, 5) is 4.28. The summed E-state index contributed by atoms with van der Waals surface area (Å²) >= 11 is 0. The Morgan fingerprint density at radius 3 is 2.57 bits per heavy atom. The second-order valence-electron chi connectivity index (χ2n) is 4.94. The second kappa shape index (κ2) is 6.18. The molecule has 1 heterocycles. The van der Waals surface area contributed by atoms with Gasteiger partial charge in [-0.1, -0.05) is 6.07 Å². The molecule has 0 radical (unpaired) electrons. The molecule has 3 nitrogen and oxygen atoms in total. The van der Waals surface area contributed by atoms with E-state index in [4.69, 9.17) is 4.74 Å². The largest absolute Gasteiger partial charge is 0.496 e. The lowest BCUT2D eigenvalue weighted by Crippen LogP contribution is -2.07. The van der Waals surface area contributed by atoms with Gasteiger partial charge in [0.15, 0.2) is 11.6 Å². The summed E-state index contributed by atoms with van der Waals surface area (Å²) in [5.74, 6) is -1.19. The van der Waals surface area contributed by atoms with Crippen molar-refractivity contribution in [3.05, 3.63) is 58.4 Å². The Labute approximate surface area is 122 Å². The zero-order chi connectivity index (χ0) is 15.6. The van der Waals surface area contributed by atoms with E-state index in [1.807, 2.05) is 13.8 Å². The molecule has 0 aliphatic heterocycles. The van der Waals surface area contributed by atoms with Crippen molar-refractivity contribution in [3.63, 3.8) is 0 Å².